The minimum atomic E-state index is 0.735. The first-order valence-corrected chi connectivity index (χ1v) is 7.88. The summed E-state index contributed by atoms with van der Waals surface area (Å²) in [6.07, 6.45) is 2.19. The van der Waals surface area contributed by atoms with Crippen molar-refractivity contribution in [1.82, 2.24) is 5.32 Å². The Morgan fingerprint density at radius 3 is 2.41 bits per heavy atom. The lowest BCUT2D eigenvalue weighted by Crippen LogP contribution is -2.12. The molecular formula is C19H25NO2. The van der Waals surface area contributed by atoms with E-state index in [2.05, 4.69) is 42.6 Å². The molecule has 1 N–H and O–H groups in total. The highest BCUT2D eigenvalue weighted by atomic mass is 16.5. The molecule has 0 bridgehead atoms. The van der Waals surface area contributed by atoms with E-state index in [9.17, 15) is 0 Å². The summed E-state index contributed by atoms with van der Waals surface area (Å²) in [6.45, 7) is 4.55. The van der Waals surface area contributed by atoms with E-state index in [1.807, 2.05) is 18.2 Å². The molecule has 0 radical (unpaired) electrons. The Kier molecular flexibility index (Phi) is 6.78. The van der Waals surface area contributed by atoms with Gasteiger partial charge in [0, 0.05) is 13.1 Å². The molecule has 2 aromatic carbocycles. The molecule has 0 aliphatic heterocycles. The van der Waals surface area contributed by atoms with E-state index in [0.717, 1.165) is 44.0 Å². The van der Waals surface area contributed by atoms with Crippen molar-refractivity contribution in [2.24, 2.45) is 0 Å². The van der Waals surface area contributed by atoms with Crippen LogP contribution in [0.5, 0.6) is 11.5 Å². The second-order valence-electron chi connectivity index (χ2n) is 5.28. The lowest BCUT2D eigenvalue weighted by atomic mass is 10.2. The van der Waals surface area contributed by atoms with Crippen LogP contribution in [0.3, 0.4) is 0 Å². The molecule has 0 aromatic heterocycles. The van der Waals surface area contributed by atoms with E-state index in [0.29, 0.717) is 0 Å². The van der Waals surface area contributed by atoms with Crippen molar-refractivity contribution in [2.75, 3.05) is 13.7 Å². The van der Waals surface area contributed by atoms with Gasteiger partial charge >= 0.3 is 0 Å². The predicted molar refractivity (Wildman–Crippen MR) is 90.4 cm³/mol. The van der Waals surface area contributed by atoms with Crippen LogP contribution in [-0.2, 0) is 13.1 Å². The zero-order chi connectivity index (χ0) is 15.6. The Morgan fingerprint density at radius 2 is 1.68 bits per heavy atom. The van der Waals surface area contributed by atoms with Crippen LogP contribution in [0.15, 0.2) is 48.5 Å². The highest BCUT2D eigenvalue weighted by Gasteiger charge is 2.05. The first-order chi connectivity index (χ1) is 10.8. The summed E-state index contributed by atoms with van der Waals surface area (Å²) in [7, 11) is 1.68. The van der Waals surface area contributed by atoms with Crippen LogP contribution in [0.4, 0.5) is 0 Å². The summed E-state index contributed by atoms with van der Waals surface area (Å²) in [5.41, 5.74) is 2.48. The van der Waals surface area contributed by atoms with E-state index in [1.54, 1.807) is 7.11 Å². The molecule has 2 rings (SSSR count). The predicted octanol–water partition coefficient (Wildman–Crippen LogP) is 4.16. The van der Waals surface area contributed by atoms with Crippen molar-refractivity contribution in [1.29, 1.82) is 0 Å². The van der Waals surface area contributed by atoms with Crippen molar-refractivity contribution >= 4 is 0 Å². The summed E-state index contributed by atoms with van der Waals surface area (Å²) >= 11 is 0. The van der Waals surface area contributed by atoms with Gasteiger partial charge in [-0.15, -0.1) is 0 Å². The number of benzene rings is 2. The number of nitrogens with one attached hydrogen (secondary N) is 1. The molecule has 0 aliphatic carbocycles. The van der Waals surface area contributed by atoms with Crippen LogP contribution in [0, 0.1) is 0 Å². The fourth-order valence-electron chi connectivity index (χ4n) is 2.21. The van der Waals surface area contributed by atoms with E-state index in [-0.39, 0.29) is 0 Å². The number of ether oxygens (including phenoxy) is 2. The fourth-order valence-corrected chi connectivity index (χ4v) is 2.21. The third-order valence-electron chi connectivity index (χ3n) is 3.48. The van der Waals surface area contributed by atoms with Gasteiger partial charge in [0.15, 0.2) is 11.5 Å². The van der Waals surface area contributed by atoms with Crippen LogP contribution in [0.25, 0.3) is 0 Å². The highest BCUT2D eigenvalue weighted by molar-refractivity contribution is 5.43. The maximum Gasteiger partial charge on any atom is 0.161 e. The Hall–Kier alpha value is -2.00. The van der Waals surface area contributed by atoms with Gasteiger partial charge in [0.2, 0.25) is 0 Å². The van der Waals surface area contributed by atoms with Gasteiger partial charge in [0.25, 0.3) is 0 Å². The van der Waals surface area contributed by atoms with Gasteiger partial charge in [-0.3, -0.25) is 0 Å². The van der Waals surface area contributed by atoms with Gasteiger partial charge < -0.3 is 14.8 Å². The average molecular weight is 299 g/mol. The molecule has 3 nitrogen and oxygen atoms in total. The molecule has 118 valence electrons. The van der Waals surface area contributed by atoms with Gasteiger partial charge in [0.1, 0.15) is 0 Å². The molecule has 0 aliphatic rings. The fraction of sp³-hybridized carbons (Fsp3) is 0.368. The van der Waals surface area contributed by atoms with Crippen molar-refractivity contribution in [3.8, 4) is 11.5 Å². The summed E-state index contributed by atoms with van der Waals surface area (Å²) in [4.78, 5) is 0. The minimum Gasteiger partial charge on any atom is -0.493 e. The van der Waals surface area contributed by atoms with Crippen LogP contribution < -0.4 is 14.8 Å². The largest absolute Gasteiger partial charge is 0.493 e. The molecule has 0 amide bonds. The SMILES string of the molecule is CCCCOc1ccc(CNCc2ccccc2)cc1OC. The number of methoxy groups -OCH3 is 1. The second kappa shape index (κ2) is 9.11. The molecule has 3 heteroatoms. The monoisotopic (exact) mass is 299 g/mol. The second-order valence-corrected chi connectivity index (χ2v) is 5.28. The summed E-state index contributed by atoms with van der Waals surface area (Å²) in [6, 6.07) is 16.5. The topological polar surface area (TPSA) is 30.5 Å². The maximum atomic E-state index is 5.75. The summed E-state index contributed by atoms with van der Waals surface area (Å²) in [5, 5.41) is 3.44. The highest BCUT2D eigenvalue weighted by Crippen LogP contribution is 2.28. The van der Waals surface area contributed by atoms with Gasteiger partial charge in [0.05, 0.1) is 13.7 Å². The van der Waals surface area contributed by atoms with E-state index >= 15 is 0 Å². The standard InChI is InChI=1S/C19H25NO2/c1-3-4-12-22-18-11-10-17(13-19(18)21-2)15-20-14-16-8-6-5-7-9-16/h5-11,13,20H,3-4,12,14-15H2,1-2H3. The Bertz CT molecular complexity index is 555. The van der Waals surface area contributed by atoms with Crippen molar-refractivity contribution in [3.05, 3.63) is 59.7 Å². The Morgan fingerprint density at radius 1 is 0.909 bits per heavy atom. The number of unbranched alkanes of at least 4 members (excludes halogenated alkanes) is 1. The smallest absolute Gasteiger partial charge is 0.161 e. The molecule has 0 spiro atoms. The van der Waals surface area contributed by atoms with Crippen molar-refractivity contribution in [2.45, 2.75) is 32.9 Å². The lowest BCUT2D eigenvalue weighted by molar-refractivity contribution is 0.288. The average Bonchev–Trinajstić information content (AvgIpc) is 2.57. The van der Waals surface area contributed by atoms with Crippen LogP contribution in [-0.4, -0.2) is 13.7 Å². The zero-order valence-electron chi connectivity index (χ0n) is 13.5. The Balaban J connectivity index is 1.88. The lowest BCUT2D eigenvalue weighted by Gasteiger charge is -2.12. The molecule has 0 saturated heterocycles. The van der Waals surface area contributed by atoms with Gasteiger partial charge in [-0.25, -0.2) is 0 Å². The molecular weight excluding hydrogens is 274 g/mol. The van der Waals surface area contributed by atoms with E-state index in [4.69, 9.17) is 9.47 Å². The maximum absolute atomic E-state index is 5.75. The molecule has 0 atom stereocenters. The van der Waals surface area contributed by atoms with Gasteiger partial charge in [-0.1, -0.05) is 49.7 Å². The third kappa shape index (κ3) is 5.08. The first kappa shape index (κ1) is 16.4. The first-order valence-electron chi connectivity index (χ1n) is 7.88. The van der Waals surface area contributed by atoms with Crippen LogP contribution in [0.1, 0.15) is 30.9 Å². The number of rotatable bonds is 9. The summed E-state index contributed by atoms with van der Waals surface area (Å²) in [5.74, 6) is 1.62. The Labute approximate surface area is 133 Å². The number of hydrogen-bond acceptors (Lipinski definition) is 3. The van der Waals surface area contributed by atoms with Gasteiger partial charge in [-0.05, 0) is 29.7 Å². The zero-order valence-corrected chi connectivity index (χ0v) is 13.5. The third-order valence-corrected chi connectivity index (χ3v) is 3.48. The molecule has 0 heterocycles. The molecule has 0 unspecified atom stereocenters. The van der Waals surface area contributed by atoms with Crippen molar-refractivity contribution < 1.29 is 9.47 Å². The van der Waals surface area contributed by atoms with E-state index in [1.165, 1.54) is 11.1 Å². The van der Waals surface area contributed by atoms with Crippen LogP contribution >= 0.6 is 0 Å². The summed E-state index contributed by atoms with van der Waals surface area (Å²) < 4.78 is 11.2. The van der Waals surface area contributed by atoms with Crippen LogP contribution in [0.2, 0.25) is 0 Å². The van der Waals surface area contributed by atoms with Crippen molar-refractivity contribution in [3.63, 3.8) is 0 Å². The quantitative estimate of drug-likeness (QED) is 0.705. The molecule has 0 fully saturated rings. The molecule has 0 saturated carbocycles. The minimum absolute atomic E-state index is 0.735. The normalized spacial score (nSPS) is 10.5. The van der Waals surface area contributed by atoms with Gasteiger partial charge in [-0.2, -0.15) is 0 Å². The molecule has 2 aromatic rings. The van der Waals surface area contributed by atoms with E-state index < -0.39 is 0 Å². The molecule has 22 heavy (non-hydrogen) atoms. The number of hydrogen-bond donors (Lipinski definition) is 1.